The molecular weight excluding hydrogens is 490 g/mol. The third-order valence-electron chi connectivity index (χ3n) is 6.62. The second-order valence-corrected chi connectivity index (χ2v) is 9.47. The van der Waals surface area contributed by atoms with Gasteiger partial charge in [0.15, 0.2) is 0 Å². The highest BCUT2D eigenvalue weighted by Crippen LogP contribution is 2.29. The van der Waals surface area contributed by atoms with Crippen LogP contribution in [0.15, 0.2) is 36.4 Å². The van der Waals surface area contributed by atoms with E-state index in [2.05, 4.69) is 27.4 Å². The van der Waals surface area contributed by atoms with Crippen LogP contribution < -0.4 is 15.5 Å². The summed E-state index contributed by atoms with van der Waals surface area (Å²) in [6.45, 7) is 7.45. The Morgan fingerprint density at radius 3 is 2.61 bits per heavy atom. The number of hydrogen-bond donors (Lipinski definition) is 2. The van der Waals surface area contributed by atoms with E-state index in [0.717, 1.165) is 44.5 Å². The van der Waals surface area contributed by atoms with Crippen LogP contribution >= 0.6 is 0 Å². The van der Waals surface area contributed by atoms with Crippen molar-refractivity contribution in [2.24, 2.45) is 0 Å². The topological polar surface area (TPSA) is 133 Å². The molecule has 0 unspecified atom stereocenters. The number of carbonyl (C=O) groups is 2. The number of nitrogens with zero attached hydrogens (tertiary/aromatic N) is 5. The molecule has 2 aliphatic heterocycles. The summed E-state index contributed by atoms with van der Waals surface area (Å²) in [4.78, 5) is 45.6. The third-order valence-corrected chi connectivity index (χ3v) is 6.62. The minimum Gasteiger partial charge on any atom is -0.449 e. The van der Waals surface area contributed by atoms with Crippen LogP contribution in [0.4, 0.5) is 27.8 Å². The monoisotopic (exact) mass is 525 g/mol. The van der Waals surface area contributed by atoms with Gasteiger partial charge in [0.05, 0.1) is 18.1 Å². The lowest BCUT2D eigenvalue weighted by molar-refractivity contribution is -0.384. The Morgan fingerprint density at radius 2 is 1.89 bits per heavy atom. The number of nitro groups is 1. The average Bonchev–Trinajstić information content (AvgIpc) is 3.14. The number of rotatable bonds is 9. The quantitative estimate of drug-likeness (QED) is 0.288. The molecule has 4 rings (SSSR count). The molecule has 2 aromatic rings. The van der Waals surface area contributed by atoms with Gasteiger partial charge in [0.1, 0.15) is 5.82 Å². The molecule has 0 bridgehead atoms. The van der Waals surface area contributed by atoms with E-state index in [1.165, 1.54) is 6.07 Å². The summed E-state index contributed by atoms with van der Waals surface area (Å²) in [5.74, 6) is 0.549. The van der Waals surface area contributed by atoms with Gasteiger partial charge in [-0.3, -0.25) is 19.8 Å². The van der Waals surface area contributed by atoms with Crippen LogP contribution in [0.1, 0.15) is 31.7 Å². The zero-order valence-corrected chi connectivity index (χ0v) is 21.7. The largest absolute Gasteiger partial charge is 0.449 e. The standard InChI is InChI=1S/C26H35N7O5/c1-2-3-17-38-26(35)31-15-13-30(14-16-31)18-20-5-7-21(8-6-20)28-25-22(33(36)37)9-10-23(29-25)32-12-4-11-27-24(34)19-32/h5-10H,2-4,11-19H2,1H3,(H,27,34)(H,28,29). The van der Waals surface area contributed by atoms with Gasteiger partial charge in [0.25, 0.3) is 0 Å². The Kier molecular flexibility index (Phi) is 9.30. The second kappa shape index (κ2) is 13.0. The fourth-order valence-corrected chi connectivity index (χ4v) is 4.43. The molecule has 12 nitrogen and oxygen atoms in total. The van der Waals surface area contributed by atoms with E-state index in [4.69, 9.17) is 4.74 Å². The summed E-state index contributed by atoms with van der Waals surface area (Å²) < 4.78 is 5.31. The lowest BCUT2D eigenvalue weighted by Gasteiger charge is -2.34. The summed E-state index contributed by atoms with van der Waals surface area (Å²) in [7, 11) is 0. The number of aromatic nitrogens is 1. The van der Waals surface area contributed by atoms with Gasteiger partial charge in [0, 0.05) is 57.6 Å². The van der Waals surface area contributed by atoms with Crippen molar-refractivity contribution >= 4 is 35.0 Å². The molecule has 0 spiro atoms. The lowest BCUT2D eigenvalue weighted by Crippen LogP contribution is -2.48. The second-order valence-electron chi connectivity index (χ2n) is 9.47. The normalized spacial score (nSPS) is 16.5. The summed E-state index contributed by atoms with van der Waals surface area (Å²) in [6, 6.07) is 10.7. The van der Waals surface area contributed by atoms with Crippen molar-refractivity contribution < 1.29 is 19.2 Å². The van der Waals surface area contributed by atoms with E-state index >= 15 is 0 Å². The number of anilines is 3. The summed E-state index contributed by atoms with van der Waals surface area (Å²) >= 11 is 0. The number of hydrogen-bond acceptors (Lipinski definition) is 9. The highest BCUT2D eigenvalue weighted by molar-refractivity contribution is 5.81. The number of nitrogens with one attached hydrogen (secondary N) is 2. The molecule has 2 amide bonds. The molecule has 3 heterocycles. The van der Waals surface area contributed by atoms with Crippen molar-refractivity contribution in [3.8, 4) is 0 Å². The van der Waals surface area contributed by atoms with Crippen molar-refractivity contribution in [2.45, 2.75) is 32.7 Å². The highest BCUT2D eigenvalue weighted by atomic mass is 16.6. The molecule has 0 radical (unpaired) electrons. The molecule has 38 heavy (non-hydrogen) atoms. The van der Waals surface area contributed by atoms with Gasteiger partial charge in [0.2, 0.25) is 11.7 Å². The third kappa shape index (κ3) is 7.31. The Balaban J connectivity index is 1.35. The predicted molar refractivity (Wildman–Crippen MR) is 144 cm³/mol. The van der Waals surface area contributed by atoms with Crippen molar-refractivity contribution in [1.29, 1.82) is 0 Å². The molecule has 12 heteroatoms. The van der Waals surface area contributed by atoms with Crippen molar-refractivity contribution in [2.75, 3.05) is 62.6 Å². The Bertz CT molecular complexity index is 1120. The van der Waals surface area contributed by atoms with Crippen LogP contribution in [-0.4, -0.2) is 84.1 Å². The van der Waals surface area contributed by atoms with Crippen LogP contribution in [0.2, 0.25) is 0 Å². The number of piperazine rings is 1. The van der Waals surface area contributed by atoms with Crippen LogP contribution in [0.5, 0.6) is 0 Å². The van der Waals surface area contributed by atoms with Gasteiger partial charge >= 0.3 is 11.8 Å². The van der Waals surface area contributed by atoms with Gasteiger partial charge < -0.3 is 25.2 Å². The first-order valence-corrected chi connectivity index (χ1v) is 13.1. The number of ether oxygens (including phenoxy) is 1. The van der Waals surface area contributed by atoms with Gasteiger partial charge in [-0.25, -0.2) is 9.78 Å². The van der Waals surface area contributed by atoms with E-state index in [1.807, 2.05) is 29.2 Å². The molecular formula is C26H35N7O5. The molecule has 2 aliphatic rings. The predicted octanol–water partition coefficient (Wildman–Crippen LogP) is 3.11. The molecule has 2 N–H and O–H groups in total. The van der Waals surface area contributed by atoms with Gasteiger partial charge in [-0.15, -0.1) is 0 Å². The number of carbonyl (C=O) groups excluding carboxylic acids is 2. The van der Waals surface area contributed by atoms with Crippen LogP contribution in [0, 0.1) is 10.1 Å². The first-order valence-electron chi connectivity index (χ1n) is 13.1. The average molecular weight is 526 g/mol. The van der Waals surface area contributed by atoms with E-state index in [-0.39, 0.29) is 30.1 Å². The first kappa shape index (κ1) is 27.1. The molecule has 204 valence electrons. The molecule has 2 fully saturated rings. The minimum absolute atomic E-state index is 0.0962. The maximum atomic E-state index is 12.1. The highest BCUT2D eigenvalue weighted by Gasteiger charge is 2.23. The van der Waals surface area contributed by atoms with Crippen molar-refractivity contribution in [1.82, 2.24) is 20.1 Å². The Labute approximate surface area is 222 Å². The molecule has 1 aromatic carbocycles. The number of unbranched alkanes of at least 4 members (excludes halogenated alkanes) is 1. The Hall–Kier alpha value is -3.93. The number of amides is 2. The SMILES string of the molecule is CCCCOC(=O)N1CCN(Cc2ccc(Nc3nc(N4CCCNC(=O)C4)ccc3[N+](=O)[O-])cc2)CC1. The Morgan fingerprint density at radius 1 is 1.13 bits per heavy atom. The number of benzene rings is 1. The molecule has 0 atom stereocenters. The molecule has 2 saturated heterocycles. The fraction of sp³-hybridized carbons (Fsp3) is 0.500. The number of pyridine rings is 1. The van der Waals surface area contributed by atoms with E-state index < -0.39 is 4.92 Å². The van der Waals surface area contributed by atoms with E-state index in [9.17, 15) is 19.7 Å². The van der Waals surface area contributed by atoms with Gasteiger partial charge in [-0.1, -0.05) is 25.5 Å². The van der Waals surface area contributed by atoms with Crippen LogP contribution in [0.25, 0.3) is 0 Å². The first-order chi connectivity index (χ1) is 18.4. The summed E-state index contributed by atoms with van der Waals surface area (Å²) in [5.41, 5.74) is 1.64. The van der Waals surface area contributed by atoms with Crippen molar-refractivity contribution in [3.05, 3.63) is 52.1 Å². The minimum atomic E-state index is -0.470. The zero-order chi connectivity index (χ0) is 26.9. The lowest BCUT2D eigenvalue weighted by atomic mass is 10.1. The van der Waals surface area contributed by atoms with Crippen molar-refractivity contribution in [3.63, 3.8) is 0 Å². The molecule has 0 saturated carbocycles. The zero-order valence-electron chi connectivity index (χ0n) is 21.7. The fourth-order valence-electron chi connectivity index (χ4n) is 4.43. The summed E-state index contributed by atoms with van der Waals surface area (Å²) in [5, 5.41) is 17.5. The summed E-state index contributed by atoms with van der Waals surface area (Å²) in [6.07, 6.45) is 2.41. The molecule has 1 aromatic heterocycles. The maximum Gasteiger partial charge on any atom is 0.409 e. The van der Waals surface area contributed by atoms with E-state index in [1.54, 1.807) is 11.0 Å². The van der Waals surface area contributed by atoms with Gasteiger partial charge in [-0.2, -0.15) is 0 Å². The molecule has 0 aliphatic carbocycles. The smallest absolute Gasteiger partial charge is 0.409 e. The maximum absolute atomic E-state index is 12.1. The van der Waals surface area contributed by atoms with E-state index in [0.29, 0.717) is 44.3 Å². The van der Waals surface area contributed by atoms with Crippen LogP contribution in [-0.2, 0) is 16.1 Å². The van der Waals surface area contributed by atoms with Gasteiger partial charge in [-0.05, 0) is 36.6 Å². The van der Waals surface area contributed by atoms with Crippen LogP contribution in [0.3, 0.4) is 0 Å².